The number of carboxylic acids is 1. The summed E-state index contributed by atoms with van der Waals surface area (Å²) < 4.78 is 5.45. The van der Waals surface area contributed by atoms with Crippen LogP contribution < -0.4 is 10.1 Å². The summed E-state index contributed by atoms with van der Waals surface area (Å²) in [7, 11) is 0. The van der Waals surface area contributed by atoms with Gasteiger partial charge in [-0.15, -0.1) is 0 Å². The third-order valence-electron chi connectivity index (χ3n) is 4.04. The van der Waals surface area contributed by atoms with Crippen molar-refractivity contribution in [2.75, 3.05) is 11.9 Å². The molecular weight excluding hydrogens is 270 g/mol. The molecule has 1 heterocycles. The molecular formula is C15H23N3O3. The van der Waals surface area contributed by atoms with Gasteiger partial charge in [-0.05, 0) is 26.7 Å². The van der Waals surface area contributed by atoms with Crippen molar-refractivity contribution in [3.05, 3.63) is 11.9 Å². The fourth-order valence-corrected chi connectivity index (χ4v) is 2.79. The van der Waals surface area contributed by atoms with Crippen molar-refractivity contribution in [2.45, 2.75) is 57.9 Å². The van der Waals surface area contributed by atoms with Crippen LogP contribution >= 0.6 is 0 Å². The van der Waals surface area contributed by atoms with Crippen molar-refractivity contribution in [3.63, 3.8) is 0 Å². The van der Waals surface area contributed by atoms with Gasteiger partial charge >= 0.3 is 5.97 Å². The van der Waals surface area contributed by atoms with Crippen LogP contribution in [0.25, 0.3) is 0 Å². The van der Waals surface area contributed by atoms with E-state index < -0.39 is 11.5 Å². The maximum absolute atomic E-state index is 11.8. The first-order chi connectivity index (χ1) is 10.1. The van der Waals surface area contributed by atoms with Crippen LogP contribution in [0.4, 0.5) is 5.82 Å². The monoisotopic (exact) mass is 293 g/mol. The normalized spacial score (nSPS) is 17.8. The molecule has 1 aliphatic rings. The highest BCUT2D eigenvalue weighted by molar-refractivity contribution is 5.82. The molecule has 1 saturated carbocycles. The van der Waals surface area contributed by atoms with Gasteiger partial charge in [-0.25, -0.2) is 14.8 Å². The van der Waals surface area contributed by atoms with Crippen LogP contribution in [0, 0.1) is 6.92 Å². The molecule has 0 atom stereocenters. The van der Waals surface area contributed by atoms with Gasteiger partial charge < -0.3 is 15.2 Å². The maximum atomic E-state index is 11.8. The van der Waals surface area contributed by atoms with E-state index in [9.17, 15) is 9.90 Å². The fraction of sp³-hybridized carbons (Fsp3) is 0.667. The van der Waals surface area contributed by atoms with Crippen molar-refractivity contribution >= 4 is 11.8 Å². The molecule has 0 spiro atoms. The van der Waals surface area contributed by atoms with Gasteiger partial charge in [0.25, 0.3) is 0 Å². The number of aromatic nitrogens is 2. The van der Waals surface area contributed by atoms with Crippen molar-refractivity contribution in [2.24, 2.45) is 0 Å². The van der Waals surface area contributed by atoms with Gasteiger partial charge in [-0.3, -0.25) is 0 Å². The van der Waals surface area contributed by atoms with E-state index in [2.05, 4.69) is 15.3 Å². The largest absolute Gasteiger partial charge is 0.480 e. The van der Waals surface area contributed by atoms with Gasteiger partial charge in [0.2, 0.25) is 5.88 Å². The predicted octanol–water partition coefficient (Wildman–Crippen LogP) is 2.77. The molecule has 0 aliphatic heterocycles. The number of nitrogens with zero attached hydrogens (tertiary/aromatic N) is 2. The first kappa shape index (κ1) is 15.5. The highest BCUT2D eigenvalue weighted by Gasteiger charge is 2.39. The minimum atomic E-state index is -0.931. The second-order valence-electron chi connectivity index (χ2n) is 5.51. The Bertz CT molecular complexity index is 497. The quantitative estimate of drug-likeness (QED) is 0.812. The third kappa shape index (κ3) is 3.43. The van der Waals surface area contributed by atoms with Gasteiger partial charge in [0.15, 0.2) is 0 Å². The Balaban J connectivity index is 2.28. The fourth-order valence-electron chi connectivity index (χ4n) is 2.79. The molecule has 0 amide bonds. The first-order valence-electron chi connectivity index (χ1n) is 7.55. The predicted molar refractivity (Wildman–Crippen MR) is 79.6 cm³/mol. The molecule has 116 valence electrons. The van der Waals surface area contributed by atoms with Crippen LogP contribution in [0.15, 0.2) is 6.33 Å². The SMILES string of the molecule is CCOc1ncnc(NC2(C(=O)O)CCCCCC2)c1C. The summed E-state index contributed by atoms with van der Waals surface area (Å²) in [6.45, 7) is 4.25. The van der Waals surface area contributed by atoms with E-state index in [1.807, 2.05) is 13.8 Å². The standard InChI is InChI=1S/C15H23N3O3/c1-3-21-13-11(2)12(16-10-17-13)18-15(14(19)20)8-6-4-5-7-9-15/h10H,3-9H2,1-2H3,(H,19,20)(H,16,17,18). The van der Waals surface area contributed by atoms with Crippen LogP contribution in [0.2, 0.25) is 0 Å². The summed E-state index contributed by atoms with van der Waals surface area (Å²) >= 11 is 0. The Morgan fingerprint density at radius 1 is 1.33 bits per heavy atom. The van der Waals surface area contributed by atoms with E-state index in [4.69, 9.17) is 4.74 Å². The minimum Gasteiger partial charge on any atom is -0.480 e. The van der Waals surface area contributed by atoms with Crippen LogP contribution in [-0.4, -0.2) is 33.2 Å². The van der Waals surface area contributed by atoms with Crippen molar-refractivity contribution < 1.29 is 14.6 Å². The number of aliphatic carboxylic acids is 1. The number of carbonyl (C=O) groups is 1. The Labute approximate surface area is 124 Å². The molecule has 0 bridgehead atoms. The minimum absolute atomic E-state index is 0.504. The number of nitrogens with one attached hydrogen (secondary N) is 1. The topological polar surface area (TPSA) is 84.3 Å². The Morgan fingerprint density at radius 3 is 2.57 bits per heavy atom. The summed E-state index contributed by atoms with van der Waals surface area (Å²) in [6.07, 6.45) is 6.66. The molecule has 1 aromatic rings. The molecule has 1 fully saturated rings. The average Bonchev–Trinajstić information content (AvgIpc) is 2.70. The molecule has 0 unspecified atom stereocenters. The highest BCUT2D eigenvalue weighted by atomic mass is 16.5. The molecule has 1 aliphatic carbocycles. The number of carboxylic acid groups (broad SMARTS) is 1. The zero-order chi connectivity index (χ0) is 15.3. The Hall–Kier alpha value is -1.85. The number of ether oxygens (including phenoxy) is 1. The number of hydrogen-bond acceptors (Lipinski definition) is 5. The molecule has 6 heteroatoms. The van der Waals surface area contributed by atoms with Gasteiger partial charge in [0.05, 0.1) is 12.2 Å². The molecule has 6 nitrogen and oxygen atoms in total. The van der Waals surface area contributed by atoms with E-state index in [0.29, 0.717) is 31.1 Å². The lowest BCUT2D eigenvalue weighted by Gasteiger charge is -2.30. The van der Waals surface area contributed by atoms with E-state index in [-0.39, 0.29) is 0 Å². The maximum Gasteiger partial charge on any atom is 0.329 e. The summed E-state index contributed by atoms with van der Waals surface area (Å²) in [5.74, 6) is 0.252. The lowest BCUT2D eigenvalue weighted by Crippen LogP contribution is -2.46. The smallest absolute Gasteiger partial charge is 0.329 e. The molecule has 0 aromatic carbocycles. The highest BCUT2D eigenvalue weighted by Crippen LogP contribution is 2.32. The molecule has 1 aromatic heterocycles. The lowest BCUT2D eigenvalue weighted by atomic mass is 9.90. The number of hydrogen-bond donors (Lipinski definition) is 2. The van der Waals surface area contributed by atoms with Gasteiger partial charge in [-0.1, -0.05) is 25.7 Å². The molecule has 2 N–H and O–H groups in total. The summed E-state index contributed by atoms with van der Waals surface area (Å²) in [5, 5.41) is 12.9. The van der Waals surface area contributed by atoms with Gasteiger partial charge in [-0.2, -0.15) is 0 Å². The summed E-state index contributed by atoms with van der Waals surface area (Å²) in [4.78, 5) is 20.1. The van der Waals surface area contributed by atoms with Crippen LogP contribution in [0.5, 0.6) is 5.88 Å². The zero-order valence-electron chi connectivity index (χ0n) is 12.7. The van der Waals surface area contributed by atoms with Crippen LogP contribution in [0.1, 0.15) is 51.0 Å². The third-order valence-corrected chi connectivity index (χ3v) is 4.04. The number of anilines is 1. The van der Waals surface area contributed by atoms with Crippen LogP contribution in [-0.2, 0) is 4.79 Å². The second-order valence-corrected chi connectivity index (χ2v) is 5.51. The van der Waals surface area contributed by atoms with Crippen molar-refractivity contribution in [1.29, 1.82) is 0 Å². The second kappa shape index (κ2) is 6.74. The van der Waals surface area contributed by atoms with Gasteiger partial charge in [0.1, 0.15) is 17.7 Å². The Kier molecular flexibility index (Phi) is 4.98. The van der Waals surface area contributed by atoms with Gasteiger partial charge in [0, 0.05) is 0 Å². The molecule has 2 rings (SSSR count). The zero-order valence-corrected chi connectivity index (χ0v) is 12.7. The lowest BCUT2D eigenvalue weighted by molar-refractivity contribution is -0.142. The Morgan fingerprint density at radius 2 is 2.00 bits per heavy atom. The molecule has 21 heavy (non-hydrogen) atoms. The van der Waals surface area contributed by atoms with E-state index in [0.717, 1.165) is 31.2 Å². The average molecular weight is 293 g/mol. The van der Waals surface area contributed by atoms with Crippen LogP contribution in [0.3, 0.4) is 0 Å². The van der Waals surface area contributed by atoms with Crippen molar-refractivity contribution in [1.82, 2.24) is 9.97 Å². The molecule has 0 radical (unpaired) electrons. The summed E-state index contributed by atoms with van der Waals surface area (Å²) in [6, 6.07) is 0. The van der Waals surface area contributed by atoms with E-state index >= 15 is 0 Å². The summed E-state index contributed by atoms with van der Waals surface area (Å²) in [5.41, 5.74) is -0.178. The number of rotatable bonds is 5. The van der Waals surface area contributed by atoms with E-state index in [1.54, 1.807) is 0 Å². The van der Waals surface area contributed by atoms with E-state index in [1.165, 1.54) is 6.33 Å². The van der Waals surface area contributed by atoms with Crippen molar-refractivity contribution in [3.8, 4) is 5.88 Å². The first-order valence-corrected chi connectivity index (χ1v) is 7.55. The molecule has 0 saturated heterocycles.